The van der Waals surface area contributed by atoms with Crippen LogP contribution in [0.5, 0.6) is 0 Å². The second kappa shape index (κ2) is 6.17. The minimum Gasteiger partial charge on any atom is -0.394 e. The molecule has 3 N–H and O–H groups in total. The van der Waals surface area contributed by atoms with Crippen LogP contribution < -0.4 is 10.2 Å². The average Bonchev–Trinajstić information content (AvgIpc) is 2.57. The summed E-state index contributed by atoms with van der Waals surface area (Å²) in [6, 6.07) is 16.4. The number of carbonyl (C=O) groups excluding carboxylic acids is 1. The molecule has 5 nitrogen and oxygen atoms in total. The van der Waals surface area contributed by atoms with Gasteiger partial charge in [0, 0.05) is 0 Å². The lowest BCUT2D eigenvalue weighted by atomic mass is 10.0. The van der Waals surface area contributed by atoms with Gasteiger partial charge in [-0.15, -0.1) is 0 Å². The number of nitrogens with one attached hydrogen (secondary N) is 1. The Bertz CT molecular complexity index is 660. The number of aliphatic hydroxyl groups is 2. The van der Waals surface area contributed by atoms with Crippen LogP contribution in [0.2, 0.25) is 0 Å². The van der Waals surface area contributed by atoms with Crippen molar-refractivity contribution in [2.24, 2.45) is 0 Å². The highest BCUT2D eigenvalue weighted by molar-refractivity contribution is 6.05. The maximum absolute atomic E-state index is 12.8. The van der Waals surface area contributed by atoms with Crippen molar-refractivity contribution in [3.63, 3.8) is 0 Å². The monoisotopic (exact) mass is 298 g/mol. The van der Waals surface area contributed by atoms with Crippen molar-refractivity contribution < 1.29 is 15.0 Å². The Morgan fingerprint density at radius 2 is 1.77 bits per heavy atom. The van der Waals surface area contributed by atoms with E-state index in [0.717, 1.165) is 11.3 Å². The number of benzene rings is 2. The molecule has 0 fully saturated rings. The van der Waals surface area contributed by atoms with Gasteiger partial charge in [0.05, 0.1) is 30.6 Å². The number of hydrogen-bond donors (Lipinski definition) is 3. The molecule has 3 rings (SSSR count). The quantitative estimate of drug-likeness (QED) is 0.800. The topological polar surface area (TPSA) is 72.8 Å². The number of β-amino-alcohol motifs (C(OH)–C–C–N with tert-alkyl or cyclic N) is 1. The van der Waals surface area contributed by atoms with Crippen molar-refractivity contribution in [1.29, 1.82) is 0 Å². The number of nitrogens with zero attached hydrogens (tertiary/aromatic N) is 1. The van der Waals surface area contributed by atoms with E-state index in [1.807, 2.05) is 54.6 Å². The first-order chi connectivity index (χ1) is 10.7. The van der Waals surface area contributed by atoms with Crippen LogP contribution in [0.4, 0.5) is 11.4 Å². The highest BCUT2D eigenvalue weighted by Gasteiger charge is 2.34. The third-order valence-electron chi connectivity index (χ3n) is 3.74. The first-order valence-electron chi connectivity index (χ1n) is 7.21. The molecular formula is C17H18N2O3. The lowest BCUT2D eigenvalue weighted by molar-refractivity contribution is -0.120. The number of anilines is 2. The highest BCUT2D eigenvalue weighted by Crippen LogP contribution is 2.36. The third-order valence-corrected chi connectivity index (χ3v) is 3.74. The predicted molar refractivity (Wildman–Crippen MR) is 84.7 cm³/mol. The molecule has 0 saturated heterocycles. The summed E-state index contributed by atoms with van der Waals surface area (Å²) in [5.74, 6) is -0.141. The van der Waals surface area contributed by atoms with Crippen molar-refractivity contribution >= 4 is 17.3 Å². The fourth-order valence-corrected chi connectivity index (χ4v) is 2.65. The van der Waals surface area contributed by atoms with Crippen LogP contribution in [0, 0.1) is 0 Å². The number of fused-ring (bicyclic) bond motifs is 1. The van der Waals surface area contributed by atoms with Crippen LogP contribution in [0.1, 0.15) is 11.6 Å². The van der Waals surface area contributed by atoms with Crippen molar-refractivity contribution in [2.75, 3.05) is 23.4 Å². The van der Waals surface area contributed by atoms with Crippen LogP contribution in [0.3, 0.4) is 0 Å². The Morgan fingerprint density at radius 1 is 1.09 bits per heavy atom. The molecule has 0 saturated carbocycles. The van der Waals surface area contributed by atoms with E-state index in [9.17, 15) is 9.90 Å². The van der Waals surface area contributed by atoms with E-state index in [1.165, 1.54) is 4.90 Å². The molecule has 0 spiro atoms. The summed E-state index contributed by atoms with van der Waals surface area (Å²) in [7, 11) is 0. The van der Waals surface area contributed by atoms with Gasteiger partial charge in [0.25, 0.3) is 5.91 Å². The molecule has 1 aliphatic heterocycles. The maximum atomic E-state index is 12.8. The van der Waals surface area contributed by atoms with Crippen LogP contribution >= 0.6 is 0 Å². The minimum absolute atomic E-state index is 0.0668. The van der Waals surface area contributed by atoms with Crippen molar-refractivity contribution in [2.45, 2.75) is 12.1 Å². The van der Waals surface area contributed by atoms with Gasteiger partial charge < -0.3 is 20.4 Å². The highest BCUT2D eigenvalue weighted by atomic mass is 16.3. The van der Waals surface area contributed by atoms with Crippen LogP contribution in [-0.2, 0) is 4.79 Å². The zero-order valence-electron chi connectivity index (χ0n) is 12.0. The molecule has 0 aromatic heterocycles. The normalized spacial score (nSPS) is 18.5. The Labute approximate surface area is 128 Å². The summed E-state index contributed by atoms with van der Waals surface area (Å²) < 4.78 is 0. The van der Waals surface area contributed by atoms with Gasteiger partial charge >= 0.3 is 0 Å². The second-order valence-corrected chi connectivity index (χ2v) is 5.29. The molecule has 2 unspecified atom stereocenters. The molecule has 0 radical (unpaired) electrons. The minimum atomic E-state index is -0.966. The molecule has 2 atom stereocenters. The lowest BCUT2D eigenvalue weighted by Gasteiger charge is -2.36. The standard InChI is InChI=1S/C17H18N2O3/c20-11-13(21)10-19-15-9-5-4-8-14(15)18-16(17(19)22)12-6-2-1-3-7-12/h1-9,13,16,18,20-21H,10-11H2. The van der Waals surface area contributed by atoms with Gasteiger partial charge in [0.2, 0.25) is 0 Å². The summed E-state index contributed by atoms with van der Waals surface area (Å²) in [4.78, 5) is 14.3. The van der Waals surface area contributed by atoms with Gasteiger partial charge in [-0.1, -0.05) is 42.5 Å². The van der Waals surface area contributed by atoms with Gasteiger partial charge in [-0.25, -0.2) is 0 Å². The summed E-state index contributed by atoms with van der Waals surface area (Å²) in [6.07, 6.45) is -0.966. The third kappa shape index (κ3) is 2.68. The van der Waals surface area contributed by atoms with Crippen molar-refractivity contribution in [1.82, 2.24) is 0 Å². The molecule has 0 aliphatic carbocycles. The van der Waals surface area contributed by atoms with Gasteiger partial charge in [-0.2, -0.15) is 0 Å². The maximum Gasteiger partial charge on any atom is 0.254 e. The molecule has 5 heteroatoms. The zero-order chi connectivity index (χ0) is 15.5. The molecule has 1 aliphatic rings. The van der Waals surface area contributed by atoms with Gasteiger partial charge in [0.1, 0.15) is 6.04 Å². The molecule has 1 amide bonds. The number of para-hydroxylation sites is 2. The van der Waals surface area contributed by atoms with Crippen LogP contribution in [0.15, 0.2) is 54.6 Å². The SMILES string of the molecule is O=C1C(c2ccccc2)Nc2ccccc2N1CC(O)CO. The van der Waals surface area contributed by atoms with Crippen LogP contribution in [0.25, 0.3) is 0 Å². The van der Waals surface area contributed by atoms with E-state index >= 15 is 0 Å². The number of amides is 1. The fourth-order valence-electron chi connectivity index (χ4n) is 2.65. The van der Waals surface area contributed by atoms with E-state index < -0.39 is 12.1 Å². The van der Waals surface area contributed by atoms with Gasteiger partial charge in [-0.05, 0) is 17.7 Å². The largest absolute Gasteiger partial charge is 0.394 e. The number of carbonyl (C=O) groups is 1. The molecular weight excluding hydrogens is 280 g/mol. The van der Waals surface area contributed by atoms with Gasteiger partial charge in [-0.3, -0.25) is 4.79 Å². The Hall–Kier alpha value is -2.37. The Kier molecular flexibility index (Phi) is 4.09. The fraction of sp³-hybridized carbons (Fsp3) is 0.235. The number of hydrogen-bond acceptors (Lipinski definition) is 4. The van der Waals surface area contributed by atoms with Crippen LogP contribution in [-0.4, -0.2) is 35.4 Å². The first-order valence-corrected chi connectivity index (χ1v) is 7.21. The van der Waals surface area contributed by atoms with E-state index in [2.05, 4.69) is 5.32 Å². The van der Waals surface area contributed by atoms with E-state index in [0.29, 0.717) is 5.69 Å². The van der Waals surface area contributed by atoms with Crippen molar-refractivity contribution in [3.05, 3.63) is 60.2 Å². The zero-order valence-corrected chi connectivity index (χ0v) is 12.0. The molecule has 1 heterocycles. The van der Waals surface area contributed by atoms with Gasteiger partial charge in [0.15, 0.2) is 0 Å². The van der Waals surface area contributed by atoms with Crippen molar-refractivity contribution in [3.8, 4) is 0 Å². The summed E-state index contributed by atoms with van der Waals surface area (Å²) >= 11 is 0. The van der Waals surface area contributed by atoms with E-state index in [-0.39, 0.29) is 19.1 Å². The summed E-state index contributed by atoms with van der Waals surface area (Å²) in [5, 5.41) is 22.1. The molecule has 22 heavy (non-hydrogen) atoms. The number of aliphatic hydroxyl groups excluding tert-OH is 2. The lowest BCUT2D eigenvalue weighted by Crippen LogP contribution is -2.46. The summed E-state index contributed by atoms with van der Waals surface area (Å²) in [6.45, 7) is -0.313. The Morgan fingerprint density at radius 3 is 2.50 bits per heavy atom. The average molecular weight is 298 g/mol. The number of rotatable bonds is 4. The van der Waals surface area contributed by atoms with E-state index in [1.54, 1.807) is 0 Å². The first kappa shape index (κ1) is 14.6. The molecule has 2 aromatic carbocycles. The smallest absolute Gasteiger partial charge is 0.254 e. The molecule has 114 valence electrons. The summed E-state index contributed by atoms with van der Waals surface area (Å²) in [5.41, 5.74) is 2.42. The Balaban J connectivity index is 1.99. The predicted octanol–water partition coefficient (Wildman–Crippen LogP) is 1.54. The van der Waals surface area contributed by atoms with E-state index in [4.69, 9.17) is 5.11 Å². The molecule has 2 aromatic rings. The molecule has 0 bridgehead atoms. The second-order valence-electron chi connectivity index (χ2n) is 5.29.